The van der Waals surface area contributed by atoms with Gasteiger partial charge in [-0.25, -0.2) is 9.78 Å². The molecule has 0 aliphatic rings. The average Bonchev–Trinajstić information content (AvgIpc) is 2.69. The molecular formula is C20H20ClN3O5. The second-order valence-electron chi connectivity index (χ2n) is 5.61. The first-order valence-corrected chi connectivity index (χ1v) is 9.09. The quantitative estimate of drug-likeness (QED) is 0.503. The number of allylic oxidation sites excluding steroid dienone is 1. The molecule has 0 saturated heterocycles. The van der Waals surface area contributed by atoms with Crippen molar-refractivity contribution < 1.29 is 23.9 Å². The molecule has 1 aromatic carbocycles. The summed E-state index contributed by atoms with van der Waals surface area (Å²) in [5, 5.41) is 5.67. The number of pyridine rings is 1. The molecule has 0 radical (unpaired) electrons. The van der Waals surface area contributed by atoms with Crippen molar-refractivity contribution in [3.63, 3.8) is 0 Å². The van der Waals surface area contributed by atoms with Crippen LogP contribution in [0.1, 0.15) is 24.2 Å². The summed E-state index contributed by atoms with van der Waals surface area (Å²) in [5.41, 5.74) is 0.393. The minimum Gasteiger partial charge on any atom is -0.482 e. The highest BCUT2D eigenvalue weighted by Crippen LogP contribution is 2.24. The molecule has 1 heterocycles. The fraction of sp³-hybridized carbons (Fsp3) is 0.200. The highest BCUT2D eigenvalue weighted by Gasteiger charge is 2.16. The Morgan fingerprint density at radius 1 is 1.17 bits per heavy atom. The molecule has 0 bridgehead atoms. The van der Waals surface area contributed by atoms with Crippen LogP contribution in [-0.4, -0.2) is 36.0 Å². The van der Waals surface area contributed by atoms with Crippen LogP contribution >= 0.6 is 11.6 Å². The van der Waals surface area contributed by atoms with Gasteiger partial charge < -0.3 is 20.1 Å². The molecule has 0 fully saturated rings. The van der Waals surface area contributed by atoms with Crippen molar-refractivity contribution >= 4 is 40.9 Å². The smallest absolute Gasteiger partial charge is 0.344 e. The zero-order chi connectivity index (χ0) is 21.2. The largest absolute Gasteiger partial charge is 0.482 e. The Balaban J connectivity index is 2.25. The predicted molar refractivity (Wildman–Crippen MR) is 109 cm³/mol. The van der Waals surface area contributed by atoms with Gasteiger partial charge in [0.1, 0.15) is 11.6 Å². The molecule has 8 nitrogen and oxygen atoms in total. The van der Waals surface area contributed by atoms with Crippen molar-refractivity contribution in [1.82, 2.24) is 4.98 Å². The third kappa shape index (κ3) is 6.93. The summed E-state index contributed by atoms with van der Waals surface area (Å²) in [6.07, 6.45) is 4.29. The summed E-state index contributed by atoms with van der Waals surface area (Å²) >= 11 is 5.80. The number of ether oxygens (including phenoxy) is 2. The topological polar surface area (TPSA) is 107 Å². The van der Waals surface area contributed by atoms with Gasteiger partial charge in [0, 0.05) is 6.20 Å². The van der Waals surface area contributed by atoms with E-state index in [0.29, 0.717) is 5.02 Å². The first-order valence-electron chi connectivity index (χ1n) is 8.72. The fourth-order valence-corrected chi connectivity index (χ4v) is 2.33. The number of hydrogen-bond acceptors (Lipinski definition) is 6. The SMILES string of the molecule is C/C=C/C(=O)Nc1ccc(OCC(=O)OCC)cc1C(=O)Nc1ccc(Cl)cn1. The van der Waals surface area contributed by atoms with Crippen LogP contribution < -0.4 is 15.4 Å². The van der Waals surface area contributed by atoms with Crippen LogP contribution in [0.5, 0.6) is 5.75 Å². The van der Waals surface area contributed by atoms with Gasteiger partial charge in [-0.15, -0.1) is 0 Å². The summed E-state index contributed by atoms with van der Waals surface area (Å²) in [4.78, 5) is 40.1. The standard InChI is InChI=1S/C20H20ClN3O5/c1-3-5-18(25)23-16-8-7-14(29-12-19(26)28-4-2)10-15(16)20(27)24-17-9-6-13(21)11-22-17/h3,5-11H,4,12H2,1-2H3,(H,23,25)(H,22,24,27)/b5-3+. The molecule has 0 aliphatic heterocycles. The van der Waals surface area contributed by atoms with Gasteiger partial charge in [-0.05, 0) is 50.3 Å². The highest BCUT2D eigenvalue weighted by molar-refractivity contribution is 6.30. The van der Waals surface area contributed by atoms with Crippen LogP contribution in [0.25, 0.3) is 0 Å². The zero-order valence-corrected chi connectivity index (χ0v) is 16.7. The summed E-state index contributed by atoms with van der Waals surface area (Å²) in [6.45, 7) is 3.32. The number of halogens is 1. The average molecular weight is 418 g/mol. The maximum Gasteiger partial charge on any atom is 0.344 e. The number of carbonyl (C=O) groups is 3. The van der Waals surface area contributed by atoms with E-state index in [2.05, 4.69) is 15.6 Å². The highest BCUT2D eigenvalue weighted by atomic mass is 35.5. The van der Waals surface area contributed by atoms with Crippen molar-refractivity contribution in [3.8, 4) is 5.75 Å². The Labute approximate surface area is 172 Å². The summed E-state index contributed by atoms with van der Waals surface area (Å²) in [5.74, 6) is -0.919. The molecule has 2 rings (SSSR count). The van der Waals surface area contributed by atoms with Crippen LogP contribution in [0.2, 0.25) is 5.02 Å². The molecule has 9 heteroatoms. The van der Waals surface area contributed by atoms with Gasteiger partial charge in [-0.2, -0.15) is 0 Å². The van der Waals surface area contributed by atoms with Crippen LogP contribution in [0.3, 0.4) is 0 Å². The van der Waals surface area contributed by atoms with E-state index in [1.807, 2.05) is 0 Å². The van der Waals surface area contributed by atoms with E-state index >= 15 is 0 Å². The number of carbonyl (C=O) groups excluding carboxylic acids is 3. The van der Waals surface area contributed by atoms with Crippen molar-refractivity contribution in [2.75, 3.05) is 23.8 Å². The summed E-state index contributed by atoms with van der Waals surface area (Å²) < 4.78 is 10.2. The minimum atomic E-state index is -0.533. The number of esters is 1. The van der Waals surface area contributed by atoms with Gasteiger partial charge in [0.15, 0.2) is 6.61 Å². The number of nitrogens with one attached hydrogen (secondary N) is 2. The van der Waals surface area contributed by atoms with E-state index in [0.717, 1.165) is 0 Å². The number of anilines is 2. The number of amides is 2. The lowest BCUT2D eigenvalue weighted by Crippen LogP contribution is -2.18. The van der Waals surface area contributed by atoms with Gasteiger partial charge >= 0.3 is 5.97 Å². The van der Waals surface area contributed by atoms with Gasteiger partial charge in [0.05, 0.1) is 22.9 Å². The Morgan fingerprint density at radius 3 is 2.62 bits per heavy atom. The number of rotatable bonds is 8. The third-order valence-corrected chi connectivity index (χ3v) is 3.67. The van der Waals surface area contributed by atoms with E-state index in [-0.39, 0.29) is 36.0 Å². The lowest BCUT2D eigenvalue weighted by molar-refractivity contribution is -0.145. The monoisotopic (exact) mass is 417 g/mol. The molecule has 0 saturated carbocycles. The van der Waals surface area contributed by atoms with Crippen LogP contribution in [-0.2, 0) is 14.3 Å². The lowest BCUT2D eigenvalue weighted by atomic mass is 10.1. The first-order chi connectivity index (χ1) is 13.9. The second kappa shape index (κ2) is 10.8. The third-order valence-electron chi connectivity index (χ3n) is 3.44. The normalized spacial score (nSPS) is 10.4. The molecule has 0 unspecified atom stereocenters. The molecule has 2 amide bonds. The van der Waals surface area contributed by atoms with E-state index < -0.39 is 17.8 Å². The number of hydrogen-bond donors (Lipinski definition) is 2. The van der Waals surface area contributed by atoms with Gasteiger partial charge in [-0.1, -0.05) is 17.7 Å². The van der Waals surface area contributed by atoms with Crippen molar-refractivity contribution in [2.45, 2.75) is 13.8 Å². The number of benzene rings is 1. The van der Waals surface area contributed by atoms with Crippen LogP contribution in [0, 0.1) is 0 Å². The van der Waals surface area contributed by atoms with Crippen LogP contribution in [0.4, 0.5) is 11.5 Å². The Hall–Kier alpha value is -3.39. The molecule has 152 valence electrons. The molecule has 0 atom stereocenters. The molecule has 1 aromatic heterocycles. The van der Waals surface area contributed by atoms with Gasteiger partial charge in [0.2, 0.25) is 5.91 Å². The second-order valence-corrected chi connectivity index (χ2v) is 6.04. The maximum atomic E-state index is 12.8. The van der Waals surface area contributed by atoms with Crippen molar-refractivity contribution in [1.29, 1.82) is 0 Å². The number of aromatic nitrogens is 1. The molecule has 0 aliphatic carbocycles. The Kier molecular flexibility index (Phi) is 8.17. The summed E-state index contributed by atoms with van der Waals surface area (Å²) in [6, 6.07) is 7.57. The van der Waals surface area contributed by atoms with E-state index in [9.17, 15) is 14.4 Å². The van der Waals surface area contributed by atoms with Crippen molar-refractivity contribution in [3.05, 3.63) is 59.3 Å². The zero-order valence-electron chi connectivity index (χ0n) is 15.9. The van der Waals surface area contributed by atoms with E-state index in [4.69, 9.17) is 21.1 Å². The molecule has 29 heavy (non-hydrogen) atoms. The minimum absolute atomic E-state index is 0.126. The van der Waals surface area contributed by atoms with Gasteiger partial charge in [-0.3, -0.25) is 9.59 Å². The lowest BCUT2D eigenvalue weighted by Gasteiger charge is -2.13. The number of nitrogens with zero attached hydrogens (tertiary/aromatic N) is 1. The maximum absolute atomic E-state index is 12.8. The van der Waals surface area contributed by atoms with Crippen molar-refractivity contribution in [2.24, 2.45) is 0 Å². The van der Waals surface area contributed by atoms with E-state index in [1.165, 1.54) is 30.5 Å². The summed E-state index contributed by atoms with van der Waals surface area (Å²) in [7, 11) is 0. The molecular weight excluding hydrogens is 398 g/mol. The fourth-order valence-electron chi connectivity index (χ4n) is 2.21. The molecule has 2 aromatic rings. The first kappa shape index (κ1) is 21.9. The van der Waals surface area contributed by atoms with Gasteiger partial charge in [0.25, 0.3) is 5.91 Å². The Morgan fingerprint density at radius 2 is 1.97 bits per heavy atom. The molecule has 0 spiro atoms. The van der Waals surface area contributed by atoms with E-state index in [1.54, 1.807) is 32.1 Å². The Bertz CT molecular complexity index is 913. The van der Waals surface area contributed by atoms with Crippen LogP contribution in [0.15, 0.2) is 48.7 Å². The predicted octanol–water partition coefficient (Wildman–Crippen LogP) is 3.44. The molecule has 2 N–H and O–H groups in total.